The Hall–Kier alpha value is -3.07. The number of ether oxygens (including phenoxy) is 1. The first-order chi connectivity index (χ1) is 19.2. The van der Waals surface area contributed by atoms with Crippen molar-refractivity contribution in [3.05, 3.63) is 30.0 Å². The Bertz CT molecular complexity index is 1270. The molecule has 0 bridgehead atoms. The fourth-order valence-electron chi connectivity index (χ4n) is 7.00. The highest BCUT2D eigenvalue weighted by atomic mass is 16.5. The first kappa shape index (κ1) is 28.5. The van der Waals surface area contributed by atoms with Crippen molar-refractivity contribution in [2.75, 3.05) is 33.3 Å². The van der Waals surface area contributed by atoms with Crippen LogP contribution in [0.25, 0.3) is 10.9 Å². The Balaban J connectivity index is 1.58. The van der Waals surface area contributed by atoms with Gasteiger partial charge in [0.2, 0.25) is 11.8 Å². The Morgan fingerprint density at radius 2 is 1.85 bits per heavy atom. The predicted molar refractivity (Wildman–Crippen MR) is 155 cm³/mol. The summed E-state index contributed by atoms with van der Waals surface area (Å²) in [5.74, 6) is 1.10. The number of rotatable bonds is 8. The van der Waals surface area contributed by atoms with E-state index in [1.54, 1.807) is 12.0 Å². The number of fused-ring (bicyclic) bond motifs is 2. The summed E-state index contributed by atoms with van der Waals surface area (Å²) < 4.78 is 7.52. The van der Waals surface area contributed by atoms with Gasteiger partial charge in [0.25, 0.3) is 5.91 Å². The van der Waals surface area contributed by atoms with Crippen molar-refractivity contribution < 1.29 is 19.1 Å². The second-order valence-corrected chi connectivity index (χ2v) is 12.4. The maximum absolute atomic E-state index is 14.6. The number of piperidine rings is 1. The molecule has 3 fully saturated rings. The summed E-state index contributed by atoms with van der Waals surface area (Å²) in [5, 5.41) is 4.21. The molecule has 9 heteroatoms. The zero-order chi connectivity index (χ0) is 28.7. The smallest absolute Gasteiger partial charge is 0.258 e. The van der Waals surface area contributed by atoms with E-state index in [-0.39, 0.29) is 29.6 Å². The molecule has 218 valence electrons. The summed E-state index contributed by atoms with van der Waals surface area (Å²) >= 11 is 0. The third-order valence-electron chi connectivity index (χ3n) is 9.23. The van der Waals surface area contributed by atoms with Gasteiger partial charge in [-0.25, -0.2) is 0 Å². The number of para-hydroxylation sites is 1. The largest absolute Gasteiger partial charge is 0.495 e. The zero-order valence-corrected chi connectivity index (χ0v) is 24.9. The highest BCUT2D eigenvalue weighted by Crippen LogP contribution is 2.38. The van der Waals surface area contributed by atoms with Gasteiger partial charge in [0.1, 0.15) is 24.0 Å². The summed E-state index contributed by atoms with van der Waals surface area (Å²) in [6.45, 7) is 11.2. The van der Waals surface area contributed by atoms with E-state index in [2.05, 4.69) is 33.0 Å². The van der Waals surface area contributed by atoms with Gasteiger partial charge >= 0.3 is 0 Å². The predicted octanol–water partition coefficient (Wildman–Crippen LogP) is 3.47. The molecule has 1 aromatic heterocycles. The van der Waals surface area contributed by atoms with Crippen LogP contribution in [0.2, 0.25) is 0 Å². The lowest BCUT2D eigenvalue weighted by Crippen LogP contribution is -2.65. The number of nitrogens with one attached hydrogen (secondary N) is 1. The van der Waals surface area contributed by atoms with E-state index in [9.17, 15) is 14.4 Å². The van der Waals surface area contributed by atoms with E-state index >= 15 is 0 Å². The summed E-state index contributed by atoms with van der Waals surface area (Å²) in [6, 6.07) is 4.56. The lowest BCUT2D eigenvalue weighted by atomic mass is 9.91. The fourth-order valence-corrected chi connectivity index (χ4v) is 7.00. The van der Waals surface area contributed by atoms with Gasteiger partial charge in [-0.05, 0) is 56.2 Å². The Labute approximate surface area is 237 Å². The minimum Gasteiger partial charge on any atom is -0.495 e. The number of aromatic nitrogens is 1. The molecule has 9 nitrogen and oxygen atoms in total. The van der Waals surface area contributed by atoms with Crippen LogP contribution >= 0.6 is 0 Å². The summed E-state index contributed by atoms with van der Waals surface area (Å²) in [7, 11) is 3.54. The molecule has 2 unspecified atom stereocenters. The Morgan fingerprint density at radius 3 is 2.50 bits per heavy atom. The van der Waals surface area contributed by atoms with Crippen LogP contribution < -0.4 is 10.1 Å². The molecule has 3 aliphatic heterocycles. The molecule has 3 amide bonds. The lowest BCUT2D eigenvalue weighted by Gasteiger charge is -2.47. The third-order valence-corrected chi connectivity index (χ3v) is 9.23. The maximum atomic E-state index is 14.6. The van der Waals surface area contributed by atoms with Gasteiger partial charge in [0.05, 0.1) is 24.7 Å². The van der Waals surface area contributed by atoms with Crippen LogP contribution in [0.1, 0.15) is 63.7 Å². The second-order valence-electron chi connectivity index (χ2n) is 12.4. The number of hydrogen-bond donors (Lipinski definition) is 1. The van der Waals surface area contributed by atoms with Crippen molar-refractivity contribution in [3.8, 4) is 5.75 Å². The molecule has 2 aromatic rings. The van der Waals surface area contributed by atoms with E-state index in [4.69, 9.17) is 4.74 Å². The standard InChI is InChI=1S/C31H45N5O4/c1-7-20(4)27-31(39)34(16-21-11-13-32-14-12-21)18-26-35(24(15-19(2)3)30(38)36(26)27)29(37)23-17-33(5)28-22(23)9-8-10-25(28)40-6/h8-10,17,19-21,24,26-27,32H,7,11-16,18H2,1-6H3/t20?,24-,26?,27-/m0/s1. The molecule has 1 aromatic carbocycles. The molecule has 0 saturated carbocycles. The van der Waals surface area contributed by atoms with Crippen LogP contribution in [-0.2, 0) is 16.6 Å². The van der Waals surface area contributed by atoms with Crippen LogP contribution in [0.15, 0.2) is 24.4 Å². The third kappa shape index (κ3) is 4.86. The van der Waals surface area contributed by atoms with Gasteiger partial charge in [-0.15, -0.1) is 0 Å². The van der Waals surface area contributed by atoms with Gasteiger partial charge in [-0.1, -0.05) is 46.2 Å². The number of methoxy groups -OCH3 is 1. The second kappa shape index (κ2) is 11.4. The van der Waals surface area contributed by atoms with Crippen molar-refractivity contribution in [1.82, 2.24) is 24.6 Å². The molecule has 0 spiro atoms. The van der Waals surface area contributed by atoms with Gasteiger partial charge < -0.3 is 29.3 Å². The molecule has 5 rings (SSSR count). The molecule has 3 saturated heterocycles. The quantitative estimate of drug-likeness (QED) is 0.543. The number of hydrogen-bond acceptors (Lipinski definition) is 5. The van der Waals surface area contributed by atoms with Gasteiger partial charge in [0.15, 0.2) is 0 Å². The van der Waals surface area contributed by atoms with Gasteiger partial charge in [-0.2, -0.15) is 0 Å². The molecule has 3 aliphatic rings. The zero-order valence-electron chi connectivity index (χ0n) is 24.9. The van der Waals surface area contributed by atoms with Crippen molar-refractivity contribution >= 4 is 28.6 Å². The van der Waals surface area contributed by atoms with Crippen molar-refractivity contribution in [3.63, 3.8) is 0 Å². The first-order valence-corrected chi connectivity index (χ1v) is 14.9. The van der Waals surface area contributed by atoms with E-state index in [1.165, 1.54) is 0 Å². The molecule has 0 radical (unpaired) electrons. The normalized spacial score (nSPS) is 24.8. The average Bonchev–Trinajstić information content (AvgIpc) is 3.42. The molecular formula is C31H45N5O4. The van der Waals surface area contributed by atoms with Crippen molar-refractivity contribution in [1.29, 1.82) is 0 Å². The number of amides is 3. The number of benzene rings is 1. The number of carbonyl (C=O) groups excluding carboxylic acids is 3. The summed E-state index contributed by atoms with van der Waals surface area (Å²) in [4.78, 5) is 48.3. The average molecular weight is 552 g/mol. The van der Waals surface area contributed by atoms with Crippen molar-refractivity contribution in [2.45, 2.75) is 71.6 Å². The molecule has 4 atom stereocenters. The molecular weight excluding hydrogens is 506 g/mol. The van der Waals surface area contributed by atoms with Crippen LogP contribution in [0.5, 0.6) is 5.75 Å². The maximum Gasteiger partial charge on any atom is 0.258 e. The number of carbonyl (C=O) groups is 3. The first-order valence-electron chi connectivity index (χ1n) is 14.9. The minimum atomic E-state index is -0.600. The fraction of sp³-hybridized carbons (Fsp3) is 0.645. The number of aryl methyl sites for hydroxylation is 1. The van der Waals surface area contributed by atoms with Crippen LogP contribution in [0.3, 0.4) is 0 Å². The molecule has 4 heterocycles. The van der Waals surface area contributed by atoms with Crippen LogP contribution in [-0.4, -0.2) is 88.5 Å². The summed E-state index contributed by atoms with van der Waals surface area (Å²) in [6.07, 6.45) is 4.76. The molecule has 1 N–H and O–H groups in total. The number of piperazine rings is 1. The number of nitrogens with zero attached hydrogens (tertiary/aromatic N) is 4. The topological polar surface area (TPSA) is 87.1 Å². The van der Waals surface area contributed by atoms with E-state index in [1.807, 2.05) is 45.8 Å². The highest BCUT2D eigenvalue weighted by molar-refractivity contribution is 6.10. The van der Waals surface area contributed by atoms with Gasteiger partial charge in [0, 0.05) is 25.2 Å². The van der Waals surface area contributed by atoms with E-state index in [0.717, 1.165) is 43.3 Å². The molecule has 40 heavy (non-hydrogen) atoms. The minimum absolute atomic E-state index is 0.00802. The van der Waals surface area contributed by atoms with E-state index < -0.39 is 18.2 Å². The Morgan fingerprint density at radius 1 is 1.12 bits per heavy atom. The SMILES string of the molecule is CCC(C)[C@H]1C(=O)N(CC2CCNCC2)CC2N1C(=O)[C@H](CC(C)C)N2C(=O)c1cn(C)c2c(OC)cccc12. The van der Waals surface area contributed by atoms with Crippen LogP contribution in [0.4, 0.5) is 0 Å². The lowest BCUT2D eigenvalue weighted by molar-refractivity contribution is -0.156. The summed E-state index contributed by atoms with van der Waals surface area (Å²) in [5.41, 5.74) is 1.40. The monoisotopic (exact) mass is 551 g/mol. The highest BCUT2D eigenvalue weighted by Gasteiger charge is 2.57. The van der Waals surface area contributed by atoms with E-state index in [0.29, 0.717) is 36.7 Å². The van der Waals surface area contributed by atoms with Crippen molar-refractivity contribution in [2.24, 2.45) is 24.8 Å². The van der Waals surface area contributed by atoms with Gasteiger partial charge in [-0.3, -0.25) is 14.4 Å². The Kier molecular flexibility index (Phi) is 8.13. The van der Waals surface area contributed by atoms with Crippen LogP contribution in [0, 0.1) is 17.8 Å². The molecule has 0 aliphatic carbocycles.